The van der Waals surface area contributed by atoms with Crippen molar-refractivity contribution in [2.24, 2.45) is 11.8 Å². The van der Waals surface area contributed by atoms with E-state index in [0.717, 1.165) is 23.3 Å². The smallest absolute Gasteiger partial charge is 0.305 e. The van der Waals surface area contributed by atoms with Crippen molar-refractivity contribution in [3.63, 3.8) is 0 Å². The Morgan fingerprint density at radius 2 is 1.65 bits per heavy atom. The third kappa shape index (κ3) is 9.15. The summed E-state index contributed by atoms with van der Waals surface area (Å²) in [5.74, 6) is 1.61. The molecule has 0 heterocycles. The maximum atomic E-state index is 13.1. The lowest BCUT2D eigenvalue weighted by molar-refractivity contribution is -0.143. The highest BCUT2D eigenvalue weighted by Gasteiger charge is 2.19. The van der Waals surface area contributed by atoms with E-state index in [-0.39, 0.29) is 30.3 Å². The highest BCUT2D eigenvalue weighted by Crippen LogP contribution is 2.31. The zero-order chi connectivity index (χ0) is 29.1. The average Bonchev–Trinajstić information content (AvgIpc) is 2.91. The van der Waals surface area contributed by atoms with E-state index in [0.29, 0.717) is 42.6 Å². The van der Waals surface area contributed by atoms with Crippen molar-refractivity contribution in [3.8, 4) is 11.5 Å². The zero-order valence-electron chi connectivity index (χ0n) is 24.7. The number of carbonyl (C=O) groups excluding carboxylic acids is 2. The largest absolute Gasteiger partial charge is 0.493 e. The van der Waals surface area contributed by atoms with Crippen LogP contribution < -0.4 is 14.8 Å². The molecule has 40 heavy (non-hydrogen) atoms. The normalized spacial score (nSPS) is 11.8. The first-order valence-electron chi connectivity index (χ1n) is 14.2. The molecule has 6 nitrogen and oxygen atoms in total. The Hall–Kier alpha value is -3.80. The molecule has 0 fully saturated rings. The lowest BCUT2D eigenvalue weighted by Crippen LogP contribution is -2.16. The summed E-state index contributed by atoms with van der Waals surface area (Å²) in [6, 6.07) is 21.5. The molecule has 6 heteroatoms. The summed E-state index contributed by atoms with van der Waals surface area (Å²) >= 11 is 0. The Labute approximate surface area is 239 Å². The monoisotopic (exact) mass is 545 g/mol. The maximum absolute atomic E-state index is 13.1. The number of esters is 1. The number of ether oxygens (including phenoxy) is 3. The summed E-state index contributed by atoms with van der Waals surface area (Å²) < 4.78 is 17.2. The van der Waals surface area contributed by atoms with Gasteiger partial charge in [0.25, 0.3) is 5.91 Å². The fourth-order valence-electron chi connectivity index (χ4n) is 4.50. The molecule has 3 rings (SSSR count). The molecule has 1 unspecified atom stereocenters. The first-order chi connectivity index (χ1) is 19.2. The molecular formula is C34H43NO5. The zero-order valence-corrected chi connectivity index (χ0v) is 24.7. The second kappa shape index (κ2) is 15.1. The lowest BCUT2D eigenvalue weighted by Gasteiger charge is -2.24. The highest BCUT2D eigenvalue weighted by atomic mass is 16.5. The van der Waals surface area contributed by atoms with Gasteiger partial charge < -0.3 is 19.5 Å². The molecule has 0 radical (unpaired) electrons. The van der Waals surface area contributed by atoms with Crippen molar-refractivity contribution >= 4 is 17.6 Å². The van der Waals surface area contributed by atoms with E-state index in [4.69, 9.17) is 14.2 Å². The fraction of sp³-hybridized carbons (Fsp3) is 0.412. The van der Waals surface area contributed by atoms with Gasteiger partial charge in [-0.05, 0) is 85.5 Å². The van der Waals surface area contributed by atoms with Crippen LogP contribution in [0, 0.1) is 18.8 Å². The van der Waals surface area contributed by atoms with Gasteiger partial charge in [0.05, 0.1) is 18.8 Å². The second-order valence-corrected chi connectivity index (χ2v) is 10.8. The van der Waals surface area contributed by atoms with Gasteiger partial charge in [0, 0.05) is 12.1 Å². The molecule has 0 saturated heterocycles. The molecule has 3 aromatic rings. The summed E-state index contributed by atoms with van der Waals surface area (Å²) in [6.45, 7) is 13.2. The third-order valence-electron chi connectivity index (χ3n) is 6.49. The van der Waals surface area contributed by atoms with Gasteiger partial charge in [0.2, 0.25) is 0 Å². The van der Waals surface area contributed by atoms with Crippen molar-refractivity contribution < 1.29 is 23.8 Å². The Morgan fingerprint density at radius 3 is 2.30 bits per heavy atom. The lowest BCUT2D eigenvalue weighted by atomic mass is 9.95. The predicted octanol–water partition coefficient (Wildman–Crippen LogP) is 7.94. The summed E-state index contributed by atoms with van der Waals surface area (Å²) in [5.41, 5.74) is 4.51. The molecule has 0 spiro atoms. The van der Waals surface area contributed by atoms with Gasteiger partial charge in [-0.25, -0.2) is 0 Å². The number of nitrogens with one attached hydrogen (secondary N) is 1. The molecule has 0 aliphatic rings. The van der Waals surface area contributed by atoms with Crippen molar-refractivity contribution in [2.75, 3.05) is 18.5 Å². The molecule has 214 valence electrons. The van der Waals surface area contributed by atoms with E-state index in [9.17, 15) is 9.59 Å². The Balaban J connectivity index is 1.65. The number of anilines is 1. The van der Waals surface area contributed by atoms with Gasteiger partial charge in [-0.3, -0.25) is 9.59 Å². The standard InChI is InChI=1S/C34H43NO5/c1-7-38-32(36)13-10-20-39-31-12-9-8-11-29(31)34(37)35-30-19-18-28(22-25(30)6)40-33(24(4)5)27-16-14-26(15-17-27)21-23(2)3/h8-9,11-12,14-19,22-24,33H,7,10,13,20-21H2,1-6H3,(H,35,37). The van der Waals surface area contributed by atoms with Crippen LogP contribution in [-0.2, 0) is 16.0 Å². The van der Waals surface area contributed by atoms with Gasteiger partial charge in [-0.15, -0.1) is 0 Å². The molecule has 0 aliphatic heterocycles. The second-order valence-electron chi connectivity index (χ2n) is 10.8. The van der Waals surface area contributed by atoms with Gasteiger partial charge in [-0.2, -0.15) is 0 Å². The van der Waals surface area contributed by atoms with E-state index in [1.54, 1.807) is 25.1 Å². The van der Waals surface area contributed by atoms with Gasteiger partial charge in [-0.1, -0.05) is 64.1 Å². The third-order valence-corrected chi connectivity index (χ3v) is 6.49. The minimum Gasteiger partial charge on any atom is -0.493 e. The van der Waals surface area contributed by atoms with Crippen LogP contribution in [-0.4, -0.2) is 25.1 Å². The minimum absolute atomic E-state index is 0.0826. The Morgan fingerprint density at radius 1 is 0.925 bits per heavy atom. The number of hydrogen-bond donors (Lipinski definition) is 1. The number of hydrogen-bond acceptors (Lipinski definition) is 5. The van der Waals surface area contributed by atoms with E-state index >= 15 is 0 Å². The quantitative estimate of drug-likeness (QED) is 0.164. The number of carbonyl (C=O) groups is 2. The summed E-state index contributed by atoms with van der Waals surface area (Å²) in [6.07, 6.45) is 1.76. The average molecular weight is 546 g/mol. The number of para-hydroxylation sites is 1. The van der Waals surface area contributed by atoms with Crippen LogP contribution in [0.15, 0.2) is 66.7 Å². The van der Waals surface area contributed by atoms with E-state index in [1.165, 1.54) is 5.56 Å². The van der Waals surface area contributed by atoms with Crippen LogP contribution in [0.3, 0.4) is 0 Å². The number of aryl methyl sites for hydroxylation is 1. The molecule has 3 aromatic carbocycles. The van der Waals surface area contributed by atoms with Gasteiger partial charge in [0.15, 0.2) is 0 Å². The summed E-state index contributed by atoms with van der Waals surface area (Å²) in [4.78, 5) is 24.7. The summed E-state index contributed by atoms with van der Waals surface area (Å²) in [7, 11) is 0. The van der Waals surface area contributed by atoms with Crippen LogP contribution in [0.25, 0.3) is 0 Å². The van der Waals surface area contributed by atoms with Crippen molar-refractivity contribution in [1.82, 2.24) is 0 Å². The van der Waals surface area contributed by atoms with Crippen molar-refractivity contribution in [3.05, 3.63) is 89.0 Å². The molecule has 1 amide bonds. The molecule has 0 bridgehead atoms. The topological polar surface area (TPSA) is 73.9 Å². The number of benzene rings is 3. The summed E-state index contributed by atoms with van der Waals surface area (Å²) in [5, 5.41) is 3.00. The Kier molecular flexibility index (Phi) is 11.6. The molecule has 0 saturated carbocycles. The van der Waals surface area contributed by atoms with Crippen LogP contribution >= 0.6 is 0 Å². The van der Waals surface area contributed by atoms with E-state index in [2.05, 4.69) is 57.3 Å². The van der Waals surface area contributed by atoms with Gasteiger partial charge >= 0.3 is 5.97 Å². The highest BCUT2D eigenvalue weighted by molar-refractivity contribution is 6.06. The van der Waals surface area contributed by atoms with Crippen molar-refractivity contribution in [2.45, 2.75) is 66.9 Å². The van der Waals surface area contributed by atoms with E-state index < -0.39 is 0 Å². The first-order valence-corrected chi connectivity index (χ1v) is 14.2. The molecule has 0 aliphatic carbocycles. The SMILES string of the molecule is CCOC(=O)CCCOc1ccccc1C(=O)Nc1ccc(OC(c2ccc(CC(C)C)cc2)C(C)C)cc1C. The minimum atomic E-state index is -0.265. The van der Waals surface area contributed by atoms with Crippen molar-refractivity contribution in [1.29, 1.82) is 0 Å². The maximum Gasteiger partial charge on any atom is 0.305 e. The molecule has 1 atom stereocenters. The van der Waals surface area contributed by atoms with E-state index in [1.807, 2.05) is 31.2 Å². The molecule has 1 N–H and O–H groups in total. The predicted molar refractivity (Wildman–Crippen MR) is 160 cm³/mol. The van der Waals surface area contributed by atoms with Crippen LogP contribution in [0.2, 0.25) is 0 Å². The van der Waals surface area contributed by atoms with Crippen LogP contribution in [0.5, 0.6) is 11.5 Å². The Bertz CT molecular complexity index is 1250. The van der Waals surface area contributed by atoms with Gasteiger partial charge in [0.1, 0.15) is 17.6 Å². The first kappa shape index (κ1) is 30.7. The molecular weight excluding hydrogens is 502 g/mol. The number of rotatable bonds is 14. The van der Waals surface area contributed by atoms with Crippen LogP contribution in [0.1, 0.15) is 80.6 Å². The fourth-order valence-corrected chi connectivity index (χ4v) is 4.50. The van der Waals surface area contributed by atoms with Crippen LogP contribution in [0.4, 0.5) is 5.69 Å². The molecule has 0 aromatic heterocycles. The number of amides is 1.